The average molecular weight is 215 g/mol. The highest BCUT2D eigenvalue weighted by molar-refractivity contribution is 5.76. The van der Waals surface area contributed by atoms with Crippen molar-refractivity contribution in [3.05, 3.63) is 30.1 Å². The summed E-state index contributed by atoms with van der Waals surface area (Å²) in [6, 6.07) is 7.07. The molecule has 3 heteroatoms. The number of imidazole rings is 1. The van der Waals surface area contributed by atoms with Crippen molar-refractivity contribution < 1.29 is 0 Å². The van der Waals surface area contributed by atoms with Gasteiger partial charge in [-0.1, -0.05) is 6.07 Å². The first-order chi connectivity index (χ1) is 7.74. The third-order valence-corrected chi connectivity index (χ3v) is 3.49. The lowest BCUT2D eigenvalue weighted by molar-refractivity contribution is 0.394. The Labute approximate surface area is 95.7 Å². The second kappa shape index (κ2) is 3.59. The van der Waals surface area contributed by atoms with E-state index in [4.69, 9.17) is 0 Å². The number of hydrogen-bond acceptors (Lipinski definition) is 2. The maximum atomic E-state index is 4.47. The normalized spacial score (nSPS) is 22.0. The van der Waals surface area contributed by atoms with Crippen molar-refractivity contribution in [2.45, 2.75) is 19.4 Å². The second-order valence-corrected chi connectivity index (χ2v) is 4.85. The van der Waals surface area contributed by atoms with Crippen molar-refractivity contribution in [2.24, 2.45) is 0 Å². The number of rotatable bonds is 1. The molecule has 3 rings (SSSR count). The van der Waals surface area contributed by atoms with E-state index in [0.717, 1.165) is 12.1 Å². The van der Waals surface area contributed by atoms with Crippen LogP contribution in [0.1, 0.15) is 18.0 Å². The van der Waals surface area contributed by atoms with E-state index in [9.17, 15) is 0 Å². The smallest absolute Gasteiger partial charge is 0.0961 e. The van der Waals surface area contributed by atoms with Crippen LogP contribution >= 0.6 is 0 Å². The van der Waals surface area contributed by atoms with Crippen LogP contribution in [0.15, 0.2) is 24.5 Å². The molecule has 1 aromatic heterocycles. The molecule has 84 valence electrons. The molecule has 0 N–H and O–H groups in total. The minimum absolute atomic E-state index is 0.594. The third kappa shape index (κ3) is 1.52. The van der Waals surface area contributed by atoms with Gasteiger partial charge in [0.1, 0.15) is 0 Å². The highest BCUT2D eigenvalue weighted by Crippen LogP contribution is 2.25. The zero-order valence-corrected chi connectivity index (χ0v) is 9.85. The van der Waals surface area contributed by atoms with Crippen LogP contribution in [0.5, 0.6) is 0 Å². The molecule has 0 bridgehead atoms. The van der Waals surface area contributed by atoms with Crippen LogP contribution in [-0.4, -0.2) is 34.6 Å². The molecule has 1 unspecified atom stereocenters. The van der Waals surface area contributed by atoms with E-state index < -0.39 is 0 Å². The van der Waals surface area contributed by atoms with E-state index in [-0.39, 0.29) is 0 Å². The molecule has 0 radical (unpaired) electrons. The molecule has 3 nitrogen and oxygen atoms in total. The van der Waals surface area contributed by atoms with Gasteiger partial charge in [-0.2, -0.15) is 0 Å². The van der Waals surface area contributed by atoms with Crippen LogP contribution in [0.4, 0.5) is 0 Å². The average Bonchev–Trinajstić information content (AvgIpc) is 2.83. The number of likely N-dealkylation sites (N-methyl/N-ethyl adjacent to an activating group) is 1. The quantitative estimate of drug-likeness (QED) is 0.727. The Bertz CT molecular complexity index is 515. The van der Waals surface area contributed by atoms with Crippen LogP contribution in [0.25, 0.3) is 11.0 Å². The van der Waals surface area contributed by atoms with E-state index in [1.165, 1.54) is 24.0 Å². The zero-order valence-electron chi connectivity index (χ0n) is 9.85. The Hall–Kier alpha value is -1.35. The minimum atomic E-state index is 0.594. The number of aryl methyl sites for hydroxylation is 1. The van der Waals surface area contributed by atoms with Crippen LogP contribution in [0.3, 0.4) is 0 Å². The van der Waals surface area contributed by atoms with Crippen molar-refractivity contribution in [2.75, 3.05) is 20.1 Å². The SMILES string of the molecule is Cc1ccc2ncn(C3CCN(C)C3)c2c1. The molecular formula is C13H17N3. The summed E-state index contributed by atoms with van der Waals surface area (Å²) < 4.78 is 2.34. The lowest BCUT2D eigenvalue weighted by atomic mass is 10.2. The molecule has 1 aliphatic rings. The fraction of sp³-hybridized carbons (Fsp3) is 0.462. The molecule has 0 amide bonds. The molecule has 1 atom stereocenters. The highest BCUT2D eigenvalue weighted by atomic mass is 15.2. The van der Waals surface area contributed by atoms with Gasteiger partial charge in [0.25, 0.3) is 0 Å². The van der Waals surface area contributed by atoms with Gasteiger partial charge >= 0.3 is 0 Å². The molecule has 0 aliphatic carbocycles. The van der Waals surface area contributed by atoms with Crippen molar-refractivity contribution in [1.29, 1.82) is 0 Å². The summed E-state index contributed by atoms with van der Waals surface area (Å²) in [6.07, 6.45) is 3.23. The van der Waals surface area contributed by atoms with E-state index in [0.29, 0.717) is 6.04 Å². The van der Waals surface area contributed by atoms with Crippen LogP contribution < -0.4 is 0 Å². The van der Waals surface area contributed by atoms with Crippen molar-refractivity contribution in [3.8, 4) is 0 Å². The largest absolute Gasteiger partial charge is 0.326 e. The van der Waals surface area contributed by atoms with Gasteiger partial charge in [-0.25, -0.2) is 4.98 Å². The fourth-order valence-corrected chi connectivity index (χ4v) is 2.57. The molecule has 2 aromatic rings. The van der Waals surface area contributed by atoms with Crippen LogP contribution in [0.2, 0.25) is 0 Å². The summed E-state index contributed by atoms with van der Waals surface area (Å²) in [5.74, 6) is 0. The maximum Gasteiger partial charge on any atom is 0.0961 e. The van der Waals surface area contributed by atoms with E-state index in [2.05, 4.69) is 46.6 Å². The Morgan fingerprint density at radius 2 is 2.25 bits per heavy atom. The Morgan fingerprint density at radius 3 is 3.00 bits per heavy atom. The Balaban J connectivity index is 2.06. The molecule has 0 spiro atoms. The first-order valence-electron chi connectivity index (χ1n) is 5.86. The monoisotopic (exact) mass is 215 g/mol. The van der Waals surface area contributed by atoms with Crippen molar-refractivity contribution in [1.82, 2.24) is 14.5 Å². The first kappa shape index (κ1) is 9.85. The second-order valence-electron chi connectivity index (χ2n) is 4.85. The summed E-state index contributed by atoms with van der Waals surface area (Å²) in [4.78, 5) is 6.86. The summed E-state index contributed by atoms with van der Waals surface area (Å²) in [5, 5.41) is 0. The lowest BCUT2D eigenvalue weighted by Gasteiger charge is -2.13. The number of benzene rings is 1. The van der Waals surface area contributed by atoms with Crippen LogP contribution in [-0.2, 0) is 0 Å². The predicted molar refractivity (Wildman–Crippen MR) is 65.6 cm³/mol. The number of aromatic nitrogens is 2. The van der Waals surface area contributed by atoms with Gasteiger partial charge < -0.3 is 9.47 Å². The van der Waals surface area contributed by atoms with Crippen molar-refractivity contribution in [3.63, 3.8) is 0 Å². The van der Waals surface area contributed by atoms with E-state index in [1.807, 2.05) is 6.33 Å². The van der Waals surface area contributed by atoms with Gasteiger partial charge in [0.2, 0.25) is 0 Å². The molecule has 1 saturated heterocycles. The molecule has 16 heavy (non-hydrogen) atoms. The lowest BCUT2D eigenvalue weighted by Crippen LogP contribution is -2.15. The summed E-state index contributed by atoms with van der Waals surface area (Å²) in [7, 11) is 2.18. The number of nitrogens with zero attached hydrogens (tertiary/aromatic N) is 3. The van der Waals surface area contributed by atoms with Gasteiger partial charge in [-0.15, -0.1) is 0 Å². The summed E-state index contributed by atoms with van der Waals surface area (Å²) >= 11 is 0. The highest BCUT2D eigenvalue weighted by Gasteiger charge is 2.22. The summed E-state index contributed by atoms with van der Waals surface area (Å²) in [5.41, 5.74) is 3.70. The maximum absolute atomic E-state index is 4.47. The topological polar surface area (TPSA) is 21.1 Å². The van der Waals surface area contributed by atoms with Crippen molar-refractivity contribution >= 4 is 11.0 Å². The number of fused-ring (bicyclic) bond motifs is 1. The molecular weight excluding hydrogens is 198 g/mol. The van der Waals surface area contributed by atoms with E-state index in [1.54, 1.807) is 0 Å². The van der Waals surface area contributed by atoms with Gasteiger partial charge in [0.05, 0.1) is 17.4 Å². The standard InChI is InChI=1S/C13H17N3/c1-10-3-4-12-13(7-10)16(9-14-12)11-5-6-15(2)8-11/h3-4,7,9,11H,5-6,8H2,1-2H3. The molecule has 2 heterocycles. The third-order valence-electron chi connectivity index (χ3n) is 3.49. The Morgan fingerprint density at radius 1 is 1.38 bits per heavy atom. The van der Waals surface area contributed by atoms with Gasteiger partial charge in [0, 0.05) is 12.6 Å². The summed E-state index contributed by atoms with van der Waals surface area (Å²) in [6.45, 7) is 4.47. The Kier molecular flexibility index (Phi) is 2.21. The van der Waals surface area contributed by atoms with Gasteiger partial charge in [-0.3, -0.25) is 0 Å². The fourth-order valence-electron chi connectivity index (χ4n) is 2.57. The van der Waals surface area contributed by atoms with Gasteiger partial charge in [-0.05, 0) is 44.6 Å². The van der Waals surface area contributed by atoms with E-state index >= 15 is 0 Å². The number of likely N-dealkylation sites (tertiary alicyclic amines) is 1. The molecule has 1 aromatic carbocycles. The molecule has 1 fully saturated rings. The first-order valence-corrected chi connectivity index (χ1v) is 5.86. The minimum Gasteiger partial charge on any atom is -0.326 e. The molecule has 0 saturated carbocycles. The number of hydrogen-bond donors (Lipinski definition) is 0. The zero-order chi connectivity index (χ0) is 11.1. The van der Waals surface area contributed by atoms with Gasteiger partial charge in [0.15, 0.2) is 0 Å². The van der Waals surface area contributed by atoms with Crippen LogP contribution in [0, 0.1) is 6.92 Å². The predicted octanol–water partition coefficient (Wildman–Crippen LogP) is 2.22. The molecule has 1 aliphatic heterocycles.